The number of carbonyl (C=O) groups is 1. The van der Waals surface area contributed by atoms with Crippen LogP contribution in [0.1, 0.15) is 56.7 Å². The van der Waals surface area contributed by atoms with Crippen LogP contribution in [0.5, 0.6) is 0 Å². The fourth-order valence-electron chi connectivity index (χ4n) is 3.75. The molecule has 1 unspecified atom stereocenters. The van der Waals surface area contributed by atoms with E-state index in [4.69, 9.17) is 4.52 Å². The number of carboxylic acid groups (broad SMARTS) is 1. The molecule has 0 radical (unpaired) electrons. The van der Waals surface area contributed by atoms with Crippen molar-refractivity contribution in [3.8, 4) is 0 Å². The number of pyridine rings is 1. The molecule has 0 saturated heterocycles. The summed E-state index contributed by atoms with van der Waals surface area (Å²) in [6.07, 6.45) is 10.2. The maximum absolute atomic E-state index is 11.7. The predicted molar refractivity (Wildman–Crippen MR) is 101 cm³/mol. The number of hydrogen-bond donors (Lipinski definition) is 2. The highest BCUT2D eigenvalue weighted by Crippen LogP contribution is 2.32. The largest absolute Gasteiger partial charge is 0.481 e. The summed E-state index contributed by atoms with van der Waals surface area (Å²) < 4.78 is 5.31. The maximum Gasteiger partial charge on any atom is 0.307 e. The Balaban J connectivity index is 1.41. The Morgan fingerprint density at radius 2 is 2.11 bits per heavy atom. The van der Waals surface area contributed by atoms with E-state index < -0.39 is 11.9 Å². The molecular formula is C20H28N4O3. The standard InChI is InChI=1S/C20H28N4O3/c25-20(26)16(15-8-2-1-3-9-15)14-19-23-18(24-27-19)11-5-7-13-22-17-10-4-6-12-21-17/h4,6,10,12,15-16H,1-3,5,7-9,11,13-14H2,(H,21,22)(H,25,26). The number of nitrogens with zero attached hydrogens (tertiary/aromatic N) is 3. The lowest BCUT2D eigenvalue weighted by Crippen LogP contribution is -2.27. The fraction of sp³-hybridized carbons (Fsp3) is 0.600. The van der Waals surface area contributed by atoms with E-state index in [-0.39, 0.29) is 5.92 Å². The third kappa shape index (κ3) is 6.05. The molecule has 0 spiro atoms. The van der Waals surface area contributed by atoms with Crippen molar-refractivity contribution >= 4 is 11.8 Å². The van der Waals surface area contributed by atoms with Gasteiger partial charge in [0.25, 0.3) is 0 Å². The summed E-state index contributed by atoms with van der Waals surface area (Å²) in [6, 6.07) is 5.78. The van der Waals surface area contributed by atoms with Crippen molar-refractivity contribution in [2.45, 2.75) is 57.8 Å². The van der Waals surface area contributed by atoms with E-state index in [0.29, 0.717) is 18.1 Å². The molecule has 0 aromatic carbocycles. The lowest BCUT2D eigenvalue weighted by Gasteiger charge is -2.26. The van der Waals surface area contributed by atoms with Gasteiger partial charge in [-0.2, -0.15) is 4.98 Å². The molecule has 7 nitrogen and oxygen atoms in total. The zero-order chi connectivity index (χ0) is 18.9. The van der Waals surface area contributed by atoms with Crippen LogP contribution in [-0.4, -0.2) is 32.7 Å². The quantitative estimate of drug-likeness (QED) is 0.613. The second kappa shape index (κ2) is 10.0. The number of unbranched alkanes of at least 4 members (excludes halogenated alkanes) is 1. The highest BCUT2D eigenvalue weighted by atomic mass is 16.5. The first-order valence-electron chi connectivity index (χ1n) is 9.91. The number of carboxylic acids is 1. The van der Waals surface area contributed by atoms with Crippen LogP contribution in [0.3, 0.4) is 0 Å². The number of anilines is 1. The summed E-state index contributed by atoms with van der Waals surface area (Å²) in [7, 11) is 0. The molecule has 146 valence electrons. The van der Waals surface area contributed by atoms with Crippen LogP contribution in [0.25, 0.3) is 0 Å². The van der Waals surface area contributed by atoms with E-state index in [2.05, 4.69) is 20.4 Å². The number of nitrogens with one attached hydrogen (secondary N) is 1. The number of aromatic nitrogens is 3. The topological polar surface area (TPSA) is 101 Å². The molecule has 0 aliphatic heterocycles. The molecule has 0 amide bonds. The molecule has 1 fully saturated rings. The van der Waals surface area contributed by atoms with Crippen LogP contribution in [-0.2, 0) is 17.6 Å². The minimum absolute atomic E-state index is 0.226. The predicted octanol–water partition coefficient (Wildman–Crippen LogP) is 3.72. The van der Waals surface area contributed by atoms with Crippen LogP contribution in [0.2, 0.25) is 0 Å². The summed E-state index contributed by atoms with van der Waals surface area (Å²) in [5, 5.41) is 16.9. The Hall–Kier alpha value is -2.44. The third-order valence-electron chi connectivity index (χ3n) is 5.24. The molecular weight excluding hydrogens is 344 g/mol. The monoisotopic (exact) mass is 372 g/mol. The van der Waals surface area contributed by atoms with Gasteiger partial charge >= 0.3 is 5.97 Å². The minimum atomic E-state index is -0.748. The lowest BCUT2D eigenvalue weighted by atomic mass is 9.78. The van der Waals surface area contributed by atoms with Crippen LogP contribution in [0, 0.1) is 11.8 Å². The fourth-order valence-corrected chi connectivity index (χ4v) is 3.75. The maximum atomic E-state index is 11.7. The summed E-state index contributed by atoms with van der Waals surface area (Å²) in [5.41, 5.74) is 0. The number of aliphatic carboxylic acids is 1. The molecule has 3 rings (SSSR count). The zero-order valence-electron chi connectivity index (χ0n) is 15.6. The van der Waals surface area contributed by atoms with Gasteiger partial charge in [-0.25, -0.2) is 4.98 Å². The second-order valence-corrected chi connectivity index (χ2v) is 7.25. The van der Waals surface area contributed by atoms with E-state index in [1.165, 1.54) is 6.42 Å². The number of aryl methyl sites for hydroxylation is 1. The van der Waals surface area contributed by atoms with Gasteiger partial charge in [-0.05, 0) is 43.7 Å². The van der Waals surface area contributed by atoms with Gasteiger partial charge in [0.05, 0.1) is 5.92 Å². The zero-order valence-corrected chi connectivity index (χ0v) is 15.6. The van der Waals surface area contributed by atoms with Crippen molar-refractivity contribution in [3.05, 3.63) is 36.1 Å². The van der Waals surface area contributed by atoms with Crippen molar-refractivity contribution < 1.29 is 14.4 Å². The first kappa shape index (κ1) is 19.3. The molecule has 0 bridgehead atoms. The molecule has 2 aromatic rings. The average molecular weight is 372 g/mol. The normalized spacial score (nSPS) is 16.1. The van der Waals surface area contributed by atoms with Crippen molar-refractivity contribution in [2.75, 3.05) is 11.9 Å². The smallest absolute Gasteiger partial charge is 0.307 e. The molecule has 7 heteroatoms. The Labute approximate surface area is 159 Å². The Morgan fingerprint density at radius 3 is 2.85 bits per heavy atom. The highest BCUT2D eigenvalue weighted by Gasteiger charge is 2.31. The van der Waals surface area contributed by atoms with Crippen LogP contribution in [0.4, 0.5) is 5.82 Å². The van der Waals surface area contributed by atoms with Gasteiger partial charge in [-0.3, -0.25) is 4.79 Å². The number of hydrogen-bond acceptors (Lipinski definition) is 6. The molecule has 1 saturated carbocycles. The van der Waals surface area contributed by atoms with Crippen LogP contribution >= 0.6 is 0 Å². The van der Waals surface area contributed by atoms with Gasteiger partial charge in [0, 0.05) is 25.6 Å². The summed E-state index contributed by atoms with van der Waals surface area (Å²) in [5.74, 6) is 1.06. The molecule has 2 N–H and O–H groups in total. The molecule has 27 heavy (non-hydrogen) atoms. The van der Waals surface area contributed by atoms with E-state index in [9.17, 15) is 9.90 Å². The SMILES string of the molecule is O=C(O)C(Cc1nc(CCCCNc2ccccn2)no1)C1CCCCC1. The van der Waals surface area contributed by atoms with Gasteiger partial charge in [0.1, 0.15) is 5.82 Å². The molecule has 1 aliphatic carbocycles. The van der Waals surface area contributed by atoms with Crippen molar-refractivity contribution in [1.29, 1.82) is 0 Å². The van der Waals surface area contributed by atoms with Crippen LogP contribution in [0.15, 0.2) is 28.9 Å². The van der Waals surface area contributed by atoms with Gasteiger partial charge in [0.15, 0.2) is 5.82 Å². The summed E-state index contributed by atoms with van der Waals surface area (Å²) in [4.78, 5) is 20.3. The Morgan fingerprint density at radius 1 is 1.26 bits per heavy atom. The lowest BCUT2D eigenvalue weighted by molar-refractivity contribution is -0.144. The molecule has 2 aromatic heterocycles. The van der Waals surface area contributed by atoms with Crippen molar-refractivity contribution in [1.82, 2.24) is 15.1 Å². The van der Waals surface area contributed by atoms with Gasteiger partial charge in [-0.15, -0.1) is 0 Å². The van der Waals surface area contributed by atoms with Gasteiger partial charge in [0.2, 0.25) is 5.89 Å². The summed E-state index contributed by atoms with van der Waals surface area (Å²) >= 11 is 0. The van der Waals surface area contributed by atoms with Gasteiger partial charge in [-0.1, -0.05) is 30.5 Å². The van der Waals surface area contributed by atoms with Crippen molar-refractivity contribution in [3.63, 3.8) is 0 Å². The van der Waals surface area contributed by atoms with E-state index in [1.807, 2.05) is 18.2 Å². The first-order valence-corrected chi connectivity index (χ1v) is 9.91. The van der Waals surface area contributed by atoms with E-state index >= 15 is 0 Å². The van der Waals surface area contributed by atoms with E-state index in [1.54, 1.807) is 6.20 Å². The van der Waals surface area contributed by atoms with Crippen LogP contribution < -0.4 is 5.32 Å². The molecule has 1 atom stereocenters. The molecule has 1 aliphatic rings. The summed E-state index contributed by atoms with van der Waals surface area (Å²) in [6.45, 7) is 0.838. The Kier molecular flexibility index (Phi) is 7.19. The van der Waals surface area contributed by atoms with E-state index in [0.717, 1.165) is 57.3 Å². The molecule has 2 heterocycles. The third-order valence-corrected chi connectivity index (χ3v) is 5.24. The minimum Gasteiger partial charge on any atom is -0.481 e. The average Bonchev–Trinajstić information content (AvgIpc) is 3.14. The van der Waals surface area contributed by atoms with Crippen molar-refractivity contribution in [2.24, 2.45) is 11.8 Å². The first-order chi connectivity index (χ1) is 13.2. The second-order valence-electron chi connectivity index (χ2n) is 7.25. The number of rotatable bonds is 10. The Bertz CT molecular complexity index is 698. The van der Waals surface area contributed by atoms with Gasteiger partial charge < -0.3 is 14.9 Å². The highest BCUT2D eigenvalue weighted by molar-refractivity contribution is 5.70.